The molecule has 0 amide bonds. The fraction of sp³-hybridized carbons (Fsp3) is 0.286. The lowest BCUT2D eigenvalue weighted by Crippen LogP contribution is -2.21. The highest BCUT2D eigenvalue weighted by Gasteiger charge is 2.15. The smallest absolute Gasteiger partial charge is 0.182 e. The molecule has 4 aromatic rings. The van der Waals surface area contributed by atoms with Crippen molar-refractivity contribution in [2.45, 2.75) is 25.9 Å². The molecule has 0 unspecified atom stereocenters. The molecule has 0 aliphatic heterocycles. The fourth-order valence-electron chi connectivity index (χ4n) is 2.93. The van der Waals surface area contributed by atoms with Crippen molar-refractivity contribution in [2.24, 2.45) is 0 Å². The van der Waals surface area contributed by atoms with E-state index in [2.05, 4.69) is 10.1 Å². The van der Waals surface area contributed by atoms with Gasteiger partial charge >= 0.3 is 0 Å². The molecule has 7 heteroatoms. The number of aliphatic hydroxyl groups is 1. The van der Waals surface area contributed by atoms with Crippen molar-refractivity contribution in [1.29, 1.82) is 0 Å². The lowest BCUT2D eigenvalue weighted by molar-refractivity contribution is 0.0555. The van der Waals surface area contributed by atoms with Crippen LogP contribution in [-0.2, 0) is 0 Å². The van der Waals surface area contributed by atoms with Crippen LogP contribution in [0.3, 0.4) is 0 Å². The van der Waals surface area contributed by atoms with Crippen molar-refractivity contribution < 1.29 is 14.6 Å². The van der Waals surface area contributed by atoms with E-state index in [0.717, 1.165) is 22.2 Å². The maximum absolute atomic E-state index is 9.87. The van der Waals surface area contributed by atoms with E-state index < -0.39 is 5.60 Å². The molecule has 0 aliphatic carbocycles. The van der Waals surface area contributed by atoms with E-state index in [1.165, 1.54) is 0 Å². The summed E-state index contributed by atoms with van der Waals surface area (Å²) in [6.07, 6.45) is 2.17. The molecule has 0 aliphatic rings. The van der Waals surface area contributed by atoms with Crippen LogP contribution in [0.15, 0.2) is 48.8 Å². The summed E-state index contributed by atoms with van der Waals surface area (Å²) in [7, 11) is 1.64. The quantitative estimate of drug-likeness (QED) is 0.553. The van der Waals surface area contributed by atoms with Crippen molar-refractivity contribution in [3.63, 3.8) is 0 Å². The Hall–Kier alpha value is -3.19. The molecule has 28 heavy (non-hydrogen) atoms. The zero-order valence-corrected chi connectivity index (χ0v) is 16.1. The van der Waals surface area contributed by atoms with Crippen LogP contribution in [0, 0.1) is 0 Å². The third kappa shape index (κ3) is 3.61. The summed E-state index contributed by atoms with van der Waals surface area (Å²) in [6.45, 7) is 3.93. The van der Waals surface area contributed by atoms with Crippen molar-refractivity contribution in [1.82, 2.24) is 19.6 Å². The minimum atomic E-state index is -0.772. The van der Waals surface area contributed by atoms with Gasteiger partial charge in [-0.3, -0.25) is 0 Å². The summed E-state index contributed by atoms with van der Waals surface area (Å²) >= 11 is 0. The molecule has 0 saturated carbocycles. The maximum atomic E-state index is 9.87. The summed E-state index contributed by atoms with van der Waals surface area (Å²) in [5.41, 5.74) is 1.56. The van der Waals surface area contributed by atoms with E-state index in [1.54, 1.807) is 31.8 Å². The van der Waals surface area contributed by atoms with Crippen molar-refractivity contribution in [2.75, 3.05) is 13.7 Å². The van der Waals surface area contributed by atoms with Crippen LogP contribution in [0.5, 0.6) is 11.5 Å². The molecule has 2 heterocycles. The second kappa shape index (κ2) is 7.09. The van der Waals surface area contributed by atoms with E-state index in [0.29, 0.717) is 30.2 Å². The maximum Gasteiger partial charge on any atom is 0.182 e. The lowest BCUT2D eigenvalue weighted by Gasteiger charge is -2.17. The van der Waals surface area contributed by atoms with Gasteiger partial charge in [-0.05, 0) is 50.2 Å². The molecule has 4 rings (SSSR count). The van der Waals surface area contributed by atoms with Crippen LogP contribution in [0.4, 0.5) is 0 Å². The minimum absolute atomic E-state index is 0.402. The molecule has 1 N–H and O–H groups in total. The van der Waals surface area contributed by atoms with Gasteiger partial charge in [0.1, 0.15) is 23.3 Å². The second-order valence-corrected chi connectivity index (χ2v) is 7.24. The van der Waals surface area contributed by atoms with Crippen LogP contribution in [0.2, 0.25) is 0 Å². The molecule has 2 aromatic carbocycles. The monoisotopic (exact) mass is 378 g/mol. The first-order valence-electron chi connectivity index (χ1n) is 9.08. The molecule has 144 valence electrons. The van der Waals surface area contributed by atoms with E-state index in [-0.39, 0.29) is 0 Å². The summed E-state index contributed by atoms with van der Waals surface area (Å²) in [5.74, 6) is 2.07. The number of ether oxygens (including phenoxy) is 2. The molecular weight excluding hydrogens is 356 g/mol. The number of aromatic nitrogens is 4. The number of fused-ring (bicyclic) bond motifs is 3. The molecule has 0 spiro atoms. The van der Waals surface area contributed by atoms with Crippen LogP contribution >= 0.6 is 0 Å². The number of methoxy groups -OCH3 is 1. The lowest BCUT2D eigenvalue weighted by atomic mass is 10.1. The predicted molar refractivity (Wildman–Crippen MR) is 107 cm³/mol. The van der Waals surface area contributed by atoms with Gasteiger partial charge in [0, 0.05) is 17.4 Å². The number of hydrogen-bond donors (Lipinski definition) is 1. The first-order chi connectivity index (χ1) is 13.4. The number of para-hydroxylation sites is 1. The van der Waals surface area contributed by atoms with E-state index in [1.807, 2.05) is 42.5 Å². The number of rotatable bonds is 6. The summed E-state index contributed by atoms with van der Waals surface area (Å²) in [4.78, 5) is 9.21. The van der Waals surface area contributed by atoms with Gasteiger partial charge in [0.05, 0.1) is 19.3 Å². The minimum Gasteiger partial charge on any atom is -0.497 e. The van der Waals surface area contributed by atoms with E-state index in [4.69, 9.17) is 14.5 Å². The topological polar surface area (TPSA) is 81.8 Å². The third-order valence-corrected chi connectivity index (χ3v) is 4.49. The summed E-state index contributed by atoms with van der Waals surface area (Å²) < 4.78 is 12.7. The molecule has 0 fully saturated rings. The second-order valence-electron chi connectivity index (χ2n) is 7.24. The van der Waals surface area contributed by atoms with Crippen molar-refractivity contribution >= 4 is 16.6 Å². The largest absolute Gasteiger partial charge is 0.497 e. The Balaban J connectivity index is 1.71. The normalized spacial score (nSPS) is 11.9. The zero-order chi connectivity index (χ0) is 19.7. The Morgan fingerprint density at radius 2 is 1.89 bits per heavy atom. The first-order valence-corrected chi connectivity index (χ1v) is 9.08. The van der Waals surface area contributed by atoms with E-state index in [9.17, 15) is 5.11 Å². The molecule has 7 nitrogen and oxygen atoms in total. The molecule has 0 atom stereocenters. The van der Waals surface area contributed by atoms with Gasteiger partial charge in [-0.25, -0.2) is 14.5 Å². The van der Waals surface area contributed by atoms with Crippen LogP contribution in [-0.4, -0.2) is 44.0 Å². The Morgan fingerprint density at radius 3 is 2.61 bits per heavy atom. The number of nitrogens with zero attached hydrogens (tertiary/aromatic N) is 4. The Bertz CT molecular complexity index is 1110. The van der Waals surface area contributed by atoms with Gasteiger partial charge in [-0.1, -0.05) is 6.07 Å². The molecule has 0 radical (unpaired) electrons. The van der Waals surface area contributed by atoms with Crippen LogP contribution in [0.25, 0.3) is 27.9 Å². The highest BCUT2D eigenvalue weighted by atomic mass is 16.5. The van der Waals surface area contributed by atoms with Gasteiger partial charge in [-0.15, -0.1) is 5.10 Å². The predicted octanol–water partition coefficient (Wildman–Crippen LogP) is 3.49. The summed E-state index contributed by atoms with van der Waals surface area (Å²) in [6, 6.07) is 13.3. The van der Waals surface area contributed by atoms with Gasteiger partial charge < -0.3 is 14.6 Å². The van der Waals surface area contributed by atoms with E-state index >= 15 is 0 Å². The Morgan fingerprint density at radius 1 is 1.11 bits per heavy atom. The summed E-state index contributed by atoms with van der Waals surface area (Å²) in [5, 5.41) is 15.3. The Labute approximate surface area is 162 Å². The highest BCUT2D eigenvalue weighted by molar-refractivity contribution is 5.95. The fourth-order valence-corrected chi connectivity index (χ4v) is 2.93. The van der Waals surface area contributed by atoms with Gasteiger partial charge in [0.15, 0.2) is 11.5 Å². The van der Waals surface area contributed by atoms with Gasteiger partial charge in [0.25, 0.3) is 0 Å². The van der Waals surface area contributed by atoms with Crippen LogP contribution < -0.4 is 9.47 Å². The standard InChI is InChI=1S/C21H22N4O3/c1-21(2,26)11-12-28-17-6-4-5-16-18(17)22-13-25-20(16)23-19(24-25)14-7-9-15(27-3)10-8-14/h4-10,13,26H,11-12H2,1-3H3. The average Bonchev–Trinajstić information content (AvgIpc) is 3.12. The average molecular weight is 378 g/mol. The first kappa shape index (κ1) is 18.2. The number of hydrogen-bond acceptors (Lipinski definition) is 6. The van der Waals surface area contributed by atoms with Gasteiger partial charge in [-0.2, -0.15) is 0 Å². The number of benzene rings is 2. The zero-order valence-electron chi connectivity index (χ0n) is 16.1. The molecule has 2 aromatic heterocycles. The van der Waals surface area contributed by atoms with Crippen molar-refractivity contribution in [3.05, 3.63) is 48.8 Å². The SMILES string of the molecule is COc1ccc(-c2nc3c4cccc(OCCC(C)(C)O)c4ncn3n2)cc1. The molecule has 0 bridgehead atoms. The highest BCUT2D eigenvalue weighted by Crippen LogP contribution is 2.28. The van der Waals surface area contributed by atoms with Gasteiger partial charge in [0.2, 0.25) is 0 Å². The molecule has 0 saturated heterocycles. The Kier molecular flexibility index (Phi) is 4.60. The third-order valence-electron chi connectivity index (χ3n) is 4.49. The van der Waals surface area contributed by atoms with Crippen molar-refractivity contribution in [3.8, 4) is 22.9 Å². The molecular formula is C21H22N4O3. The van der Waals surface area contributed by atoms with Crippen LogP contribution in [0.1, 0.15) is 20.3 Å².